The molecule has 3 heterocycles. The SMILES string of the molecule is Cc1nc(NN)cc(N2CCC(N3CCCCC3)C2)n1. The van der Waals surface area contributed by atoms with Crippen LogP contribution in [0.2, 0.25) is 0 Å². The zero-order chi connectivity index (χ0) is 13.9. The molecule has 1 atom stereocenters. The van der Waals surface area contributed by atoms with Gasteiger partial charge in [-0.3, -0.25) is 4.90 Å². The van der Waals surface area contributed by atoms with Crippen LogP contribution in [-0.4, -0.2) is 47.1 Å². The Kier molecular flexibility index (Phi) is 4.03. The summed E-state index contributed by atoms with van der Waals surface area (Å²) in [6, 6.07) is 2.62. The number of nitrogen functional groups attached to an aromatic ring is 1. The number of rotatable bonds is 3. The molecule has 1 unspecified atom stereocenters. The molecule has 0 spiro atoms. The first-order valence-electron chi connectivity index (χ1n) is 7.57. The van der Waals surface area contributed by atoms with E-state index in [1.165, 1.54) is 38.8 Å². The van der Waals surface area contributed by atoms with Gasteiger partial charge >= 0.3 is 0 Å². The van der Waals surface area contributed by atoms with E-state index in [0.717, 1.165) is 24.7 Å². The highest BCUT2D eigenvalue weighted by Gasteiger charge is 2.29. The summed E-state index contributed by atoms with van der Waals surface area (Å²) in [7, 11) is 0. The highest BCUT2D eigenvalue weighted by Crippen LogP contribution is 2.25. The summed E-state index contributed by atoms with van der Waals surface area (Å²) in [5.41, 5.74) is 2.62. The van der Waals surface area contributed by atoms with E-state index < -0.39 is 0 Å². The number of nitrogens with zero attached hydrogens (tertiary/aromatic N) is 4. The van der Waals surface area contributed by atoms with Crippen molar-refractivity contribution in [3.63, 3.8) is 0 Å². The highest BCUT2D eigenvalue weighted by molar-refractivity contribution is 5.49. The molecule has 6 heteroatoms. The van der Waals surface area contributed by atoms with Crippen LogP contribution in [0.5, 0.6) is 0 Å². The van der Waals surface area contributed by atoms with Gasteiger partial charge in [0.2, 0.25) is 0 Å². The smallest absolute Gasteiger partial charge is 0.145 e. The number of hydrazine groups is 1. The van der Waals surface area contributed by atoms with Crippen LogP contribution in [0.4, 0.5) is 11.6 Å². The fraction of sp³-hybridized carbons (Fsp3) is 0.714. The van der Waals surface area contributed by atoms with Gasteiger partial charge in [0.15, 0.2) is 0 Å². The van der Waals surface area contributed by atoms with E-state index >= 15 is 0 Å². The Morgan fingerprint density at radius 3 is 2.75 bits per heavy atom. The van der Waals surface area contributed by atoms with Gasteiger partial charge in [0.05, 0.1) is 0 Å². The van der Waals surface area contributed by atoms with Gasteiger partial charge in [0, 0.05) is 25.2 Å². The zero-order valence-electron chi connectivity index (χ0n) is 12.2. The fourth-order valence-electron chi connectivity index (χ4n) is 3.32. The number of hydrogen-bond donors (Lipinski definition) is 2. The number of hydrogen-bond acceptors (Lipinski definition) is 6. The van der Waals surface area contributed by atoms with Crippen LogP contribution in [-0.2, 0) is 0 Å². The van der Waals surface area contributed by atoms with Crippen molar-refractivity contribution >= 4 is 11.6 Å². The number of piperidine rings is 1. The first kappa shape index (κ1) is 13.6. The Labute approximate surface area is 120 Å². The van der Waals surface area contributed by atoms with Crippen LogP contribution in [0.1, 0.15) is 31.5 Å². The first-order valence-corrected chi connectivity index (χ1v) is 7.57. The number of likely N-dealkylation sites (tertiary alicyclic amines) is 1. The molecule has 0 aromatic carbocycles. The van der Waals surface area contributed by atoms with Crippen LogP contribution in [0.3, 0.4) is 0 Å². The second kappa shape index (κ2) is 5.93. The second-order valence-electron chi connectivity index (χ2n) is 5.79. The molecule has 0 bridgehead atoms. The Bertz CT molecular complexity index is 457. The normalized spacial score (nSPS) is 24.1. The average molecular weight is 276 g/mol. The van der Waals surface area contributed by atoms with Crippen LogP contribution >= 0.6 is 0 Å². The lowest BCUT2D eigenvalue weighted by molar-refractivity contribution is 0.175. The molecule has 0 aliphatic carbocycles. The van der Waals surface area contributed by atoms with Crippen molar-refractivity contribution in [1.29, 1.82) is 0 Å². The lowest BCUT2D eigenvalue weighted by Crippen LogP contribution is -2.41. The minimum atomic E-state index is 0.680. The van der Waals surface area contributed by atoms with Crippen LogP contribution in [0.15, 0.2) is 6.07 Å². The minimum absolute atomic E-state index is 0.680. The van der Waals surface area contributed by atoms with E-state index in [0.29, 0.717) is 11.9 Å². The van der Waals surface area contributed by atoms with E-state index in [1.807, 2.05) is 13.0 Å². The molecular formula is C14H24N6. The number of aromatic nitrogens is 2. The van der Waals surface area contributed by atoms with Gasteiger partial charge in [-0.1, -0.05) is 6.42 Å². The molecule has 2 aliphatic rings. The molecule has 2 saturated heterocycles. The highest BCUT2D eigenvalue weighted by atomic mass is 15.3. The summed E-state index contributed by atoms with van der Waals surface area (Å²) < 4.78 is 0. The van der Waals surface area contributed by atoms with Crippen molar-refractivity contribution in [2.24, 2.45) is 5.84 Å². The quantitative estimate of drug-likeness (QED) is 0.637. The summed E-state index contributed by atoms with van der Waals surface area (Å²) in [5, 5.41) is 0. The van der Waals surface area contributed by atoms with E-state index in [1.54, 1.807) is 0 Å². The summed E-state index contributed by atoms with van der Waals surface area (Å²) in [4.78, 5) is 13.8. The van der Waals surface area contributed by atoms with Crippen molar-refractivity contribution in [2.75, 3.05) is 36.5 Å². The molecule has 0 amide bonds. The van der Waals surface area contributed by atoms with Crippen molar-refractivity contribution in [2.45, 2.75) is 38.6 Å². The summed E-state index contributed by atoms with van der Waals surface area (Å²) in [6.07, 6.45) is 5.33. The molecule has 20 heavy (non-hydrogen) atoms. The Balaban J connectivity index is 1.68. The summed E-state index contributed by atoms with van der Waals surface area (Å²) >= 11 is 0. The Morgan fingerprint density at radius 1 is 1.20 bits per heavy atom. The van der Waals surface area contributed by atoms with Gasteiger partial charge in [-0.15, -0.1) is 0 Å². The Hall–Kier alpha value is -1.40. The minimum Gasteiger partial charge on any atom is -0.355 e. The molecule has 2 aliphatic heterocycles. The number of anilines is 2. The largest absolute Gasteiger partial charge is 0.355 e. The van der Waals surface area contributed by atoms with Crippen LogP contribution in [0, 0.1) is 6.92 Å². The zero-order valence-corrected chi connectivity index (χ0v) is 12.2. The molecule has 6 nitrogen and oxygen atoms in total. The molecule has 0 radical (unpaired) electrons. The molecule has 0 saturated carbocycles. The predicted molar refractivity (Wildman–Crippen MR) is 80.6 cm³/mol. The number of aryl methyl sites for hydroxylation is 1. The van der Waals surface area contributed by atoms with Gasteiger partial charge < -0.3 is 10.3 Å². The third-order valence-electron chi connectivity index (χ3n) is 4.37. The number of nitrogens with two attached hydrogens (primary N) is 1. The van der Waals surface area contributed by atoms with Crippen molar-refractivity contribution in [1.82, 2.24) is 14.9 Å². The van der Waals surface area contributed by atoms with Gasteiger partial charge in [-0.2, -0.15) is 0 Å². The fourth-order valence-corrected chi connectivity index (χ4v) is 3.32. The molecule has 2 fully saturated rings. The van der Waals surface area contributed by atoms with E-state index in [4.69, 9.17) is 5.84 Å². The third kappa shape index (κ3) is 2.86. The molecule has 3 rings (SSSR count). The van der Waals surface area contributed by atoms with Crippen molar-refractivity contribution < 1.29 is 0 Å². The van der Waals surface area contributed by atoms with E-state index in [-0.39, 0.29) is 0 Å². The lowest BCUT2D eigenvalue weighted by Gasteiger charge is -2.32. The molecular weight excluding hydrogens is 252 g/mol. The van der Waals surface area contributed by atoms with Crippen molar-refractivity contribution in [3.8, 4) is 0 Å². The third-order valence-corrected chi connectivity index (χ3v) is 4.37. The maximum atomic E-state index is 5.46. The molecule has 110 valence electrons. The lowest BCUT2D eigenvalue weighted by atomic mass is 10.1. The molecule has 1 aromatic rings. The van der Waals surface area contributed by atoms with Gasteiger partial charge in [-0.05, 0) is 39.3 Å². The standard InChI is InChI=1S/C14H24N6/c1-11-16-13(18-15)9-14(17-11)20-8-5-12(10-20)19-6-3-2-4-7-19/h9,12H,2-8,10,15H2,1H3,(H,16,17,18). The molecule has 1 aromatic heterocycles. The maximum absolute atomic E-state index is 5.46. The first-order chi connectivity index (χ1) is 9.76. The topological polar surface area (TPSA) is 70.3 Å². The van der Waals surface area contributed by atoms with Gasteiger partial charge in [-0.25, -0.2) is 15.8 Å². The van der Waals surface area contributed by atoms with Crippen LogP contribution < -0.4 is 16.2 Å². The summed E-state index contributed by atoms with van der Waals surface area (Å²) in [5.74, 6) is 7.90. The second-order valence-corrected chi connectivity index (χ2v) is 5.79. The average Bonchev–Trinajstić information content (AvgIpc) is 2.97. The maximum Gasteiger partial charge on any atom is 0.145 e. The monoisotopic (exact) mass is 276 g/mol. The molecule has 3 N–H and O–H groups in total. The number of nitrogens with one attached hydrogen (secondary N) is 1. The van der Waals surface area contributed by atoms with Gasteiger partial charge in [0.1, 0.15) is 17.5 Å². The van der Waals surface area contributed by atoms with Gasteiger partial charge in [0.25, 0.3) is 0 Å². The summed E-state index contributed by atoms with van der Waals surface area (Å²) in [6.45, 7) is 6.57. The van der Waals surface area contributed by atoms with Crippen LogP contribution in [0.25, 0.3) is 0 Å². The van der Waals surface area contributed by atoms with E-state index in [2.05, 4.69) is 25.2 Å². The predicted octanol–water partition coefficient (Wildman–Crippen LogP) is 1.14. The Morgan fingerprint density at radius 2 is 2.00 bits per heavy atom. The van der Waals surface area contributed by atoms with E-state index in [9.17, 15) is 0 Å². The van der Waals surface area contributed by atoms with Crippen molar-refractivity contribution in [3.05, 3.63) is 11.9 Å².